The lowest BCUT2D eigenvalue weighted by molar-refractivity contribution is -0.384. The average molecular weight is 466 g/mol. The molecule has 2 aromatic carbocycles. The van der Waals surface area contributed by atoms with Crippen LogP contribution in [0, 0.1) is 16.0 Å². The number of nitro groups is 1. The molecule has 1 unspecified atom stereocenters. The van der Waals surface area contributed by atoms with Crippen LogP contribution in [0.15, 0.2) is 59.5 Å². The summed E-state index contributed by atoms with van der Waals surface area (Å²) in [5.41, 5.74) is -1.54. The van der Waals surface area contributed by atoms with E-state index in [1.54, 1.807) is 44.2 Å². The zero-order valence-electron chi connectivity index (χ0n) is 17.8. The van der Waals surface area contributed by atoms with Crippen LogP contribution in [0.2, 0.25) is 0 Å². The number of amides is 1. The summed E-state index contributed by atoms with van der Waals surface area (Å²) in [4.78, 5) is 21.0. The van der Waals surface area contributed by atoms with Gasteiger partial charge < -0.3 is 15.5 Å². The number of nitrogens with one attached hydrogen (secondary N) is 1. The molecule has 1 atom stereocenters. The Bertz CT molecular complexity index is 1030. The first kappa shape index (κ1) is 25.2. The van der Waals surface area contributed by atoms with Gasteiger partial charge in [-0.2, -0.15) is 4.31 Å². The molecule has 0 aliphatic rings. The highest BCUT2D eigenvalue weighted by Gasteiger charge is 2.43. The minimum Gasteiger partial charge on any atom is -0.465 e. The summed E-state index contributed by atoms with van der Waals surface area (Å²) in [5.74, 6) is -0.169. The molecule has 3 N–H and O–H groups in total. The highest BCUT2D eigenvalue weighted by atomic mass is 32.2. The second-order valence-corrected chi connectivity index (χ2v) is 9.67. The molecule has 10 nitrogen and oxygen atoms in total. The van der Waals surface area contributed by atoms with Gasteiger partial charge >= 0.3 is 6.09 Å². The van der Waals surface area contributed by atoms with Crippen molar-refractivity contribution in [3.05, 3.63) is 70.3 Å². The van der Waals surface area contributed by atoms with E-state index in [1.807, 2.05) is 0 Å². The predicted molar refractivity (Wildman–Crippen MR) is 118 cm³/mol. The monoisotopic (exact) mass is 465 g/mol. The van der Waals surface area contributed by atoms with Crippen LogP contribution in [0.3, 0.4) is 0 Å². The van der Waals surface area contributed by atoms with Crippen LogP contribution in [0.1, 0.15) is 25.8 Å². The summed E-state index contributed by atoms with van der Waals surface area (Å²) < 4.78 is 28.0. The van der Waals surface area contributed by atoms with E-state index in [0.717, 1.165) is 28.6 Å². The number of carbonyl (C=O) groups is 1. The van der Waals surface area contributed by atoms with E-state index in [9.17, 15) is 28.4 Å². The number of hydrogen-bond acceptors (Lipinski definition) is 6. The largest absolute Gasteiger partial charge is 0.465 e. The molecular formula is C21H27N3O7S. The Hall–Kier alpha value is -3.02. The fourth-order valence-corrected chi connectivity index (χ4v) is 5.12. The van der Waals surface area contributed by atoms with Crippen molar-refractivity contribution in [3.8, 4) is 0 Å². The van der Waals surface area contributed by atoms with Crippen molar-refractivity contribution in [2.75, 3.05) is 13.1 Å². The van der Waals surface area contributed by atoms with Crippen LogP contribution in [0.4, 0.5) is 10.5 Å². The molecule has 2 rings (SSSR count). The molecule has 0 radical (unpaired) electrons. The van der Waals surface area contributed by atoms with Crippen molar-refractivity contribution >= 4 is 21.8 Å². The number of nitro benzene ring substituents is 1. The normalized spacial score (nSPS) is 13.7. The van der Waals surface area contributed by atoms with Crippen LogP contribution in [-0.2, 0) is 16.4 Å². The van der Waals surface area contributed by atoms with E-state index < -0.39 is 26.8 Å². The average Bonchev–Trinajstić information content (AvgIpc) is 2.72. The molecule has 174 valence electrons. The van der Waals surface area contributed by atoms with Gasteiger partial charge in [0.05, 0.1) is 9.82 Å². The summed E-state index contributed by atoms with van der Waals surface area (Å²) in [6.45, 7) is 3.35. The number of carboxylic acid groups (broad SMARTS) is 1. The third kappa shape index (κ3) is 6.49. The smallest absolute Gasteiger partial charge is 0.404 e. The molecule has 0 spiro atoms. The summed E-state index contributed by atoms with van der Waals surface area (Å²) >= 11 is 0. The molecule has 32 heavy (non-hydrogen) atoms. The lowest BCUT2D eigenvalue weighted by atomic mass is 9.98. The maximum atomic E-state index is 13.5. The molecule has 2 aromatic rings. The van der Waals surface area contributed by atoms with Crippen molar-refractivity contribution < 1.29 is 28.3 Å². The van der Waals surface area contributed by atoms with E-state index in [-0.39, 0.29) is 42.4 Å². The highest BCUT2D eigenvalue weighted by molar-refractivity contribution is 7.89. The van der Waals surface area contributed by atoms with Gasteiger partial charge in [0.1, 0.15) is 5.72 Å². The van der Waals surface area contributed by atoms with Crippen molar-refractivity contribution in [1.29, 1.82) is 0 Å². The van der Waals surface area contributed by atoms with Gasteiger partial charge in [-0.25, -0.2) is 13.2 Å². The summed E-state index contributed by atoms with van der Waals surface area (Å²) in [6.07, 6.45) is -1.57. The first-order valence-electron chi connectivity index (χ1n) is 9.96. The van der Waals surface area contributed by atoms with Crippen LogP contribution in [0.5, 0.6) is 0 Å². The van der Waals surface area contributed by atoms with Gasteiger partial charge in [-0.3, -0.25) is 10.1 Å². The van der Waals surface area contributed by atoms with Gasteiger partial charge in [0, 0.05) is 38.1 Å². The molecular weight excluding hydrogens is 438 g/mol. The summed E-state index contributed by atoms with van der Waals surface area (Å²) in [6, 6.07) is 13.2. The summed E-state index contributed by atoms with van der Waals surface area (Å²) in [7, 11) is -4.28. The molecule has 0 aliphatic carbocycles. The van der Waals surface area contributed by atoms with Crippen LogP contribution < -0.4 is 5.32 Å². The van der Waals surface area contributed by atoms with E-state index >= 15 is 0 Å². The molecule has 0 bridgehead atoms. The van der Waals surface area contributed by atoms with E-state index in [1.165, 1.54) is 0 Å². The first-order valence-corrected chi connectivity index (χ1v) is 11.4. The van der Waals surface area contributed by atoms with Gasteiger partial charge in [0.2, 0.25) is 10.0 Å². The van der Waals surface area contributed by atoms with Gasteiger partial charge in [0.25, 0.3) is 5.69 Å². The number of nitrogens with zero attached hydrogens (tertiary/aromatic N) is 2. The topological polar surface area (TPSA) is 150 Å². The van der Waals surface area contributed by atoms with E-state index in [4.69, 9.17) is 5.11 Å². The lowest BCUT2D eigenvalue weighted by Crippen LogP contribution is -2.55. The third-order valence-corrected chi connectivity index (χ3v) is 6.70. The Kier molecular flexibility index (Phi) is 8.31. The fourth-order valence-electron chi connectivity index (χ4n) is 3.28. The molecule has 0 aromatic heterocycles. The third-order valence-electron chi connectivity index (χ3n) is 4.76. The Morgan fingerprint density at radius 1 is 1.16 bits per heavy atom. The number of aliphatic hydroxyl groups is 1. The fraction of sp³-hybridized carbons (Fsp3) is 0.381. The second kappa shape index (κ2) is 10.5. The molecule has 0 aliphatic heterocycles. The molecule has 0 heterocycles. The van der Waals surface area contributed by atoms with Crippen LogP contribution >= 0.6 is 0 Å². The Morgan fingerprint density at radius 2 is 1.75 bits per heavy atom. The molecule has 0 fully saturated rings. The minimum atomic E-state index is -4.28. The number of rotatable bonds is 11. The van der Waals surface area contributed by atoms with Gasteiger partial charge in [-0.05, 0) is 23.6 Å². The van der Waals surface area contributed by atoms with Gasteiger partial charge in [-0.1, -0.05) is 44.2 Å². The summed E-state index contributed by atoms with van der Waals surface area (Å²) in [5, 5.41) is 33.6. The van der Waals surface area contributed by atoms with Gasteiger partial charge in [-0.15, -0.1) is 0 Å². The zero-order chi connectivity index (χ0) is 23.9. The molecule has 11 heteroatoms. The highest BCUT2D eigenvalue weighted by Crippen LogP contribution is 2.31. The quantitative estimate of drug-likeness (QED) is 0.262. The number of non-ortho nitro benzene ring substituents is 1. The number of benzene rings is 2. The van der Waals surface area contributed by atoms with Crippen molar-refractivity contribution in [1.82, 2.24) is 9.62 Å². The Balaban J connectivity index is 2.52. The molecule has 0 saturated carbocycles. The van der Waals surface area contributed by atoms with Crippen molar-refractivity contribution in [2.45, 2.75) is 37.3 Å². The number of sulfonamides is 1. The second-order valence-electron chi connectivity index (χ2n) is 7.81. The van der Waals surface area contributed by atoms with Gasteiger partial charge in [0.15, 0.2) is 0 Å². The van der Waals surface area contributed by atoms with Crippen molar-refractivity contribution in [3.63, 3.8) is 0 Å². The maximum Gasteiger partial charge on any atom is 0.404 e. The maximum absolute atomic E-state index is 13.5. The zero-order valence-corrected chi connectivity index (χ0v) is 18.7. The van der Waals surface area contributed by atoms with Crippen molar-refractivity contribution in [2.24, 2.45) is 5.92 Å². The Morgan fingerprint density at radius 3 is 2.25 bits per heavy atom. The lowest BCUT2D eigenvalue weighted by Gasteiger charge is -2.40. The van der Waals surface area contributed by atoms with Crippen LogP contribution in [0.25, 0.3) is 0 Å². The van der Waals surface area contributed by atoms with E-state index in [0.29, 0.717) is 5.56 Å². The standard InChI is InChI=1S/C21H27N3O7S/c1-16(2)15-23(32(30,31)19-10-8-18(9-11-19)24(28)29)21(27,12-13-22-20(25)26)14-17-6-4-3-5-7-17/h3-11,16,22,27H,12-15H2,1-2H3,(H,25,26). The molecule has 0 saturated heterocycles. The minimum absolute atomic E-state index is 0.0459. The molecule has 1 amide bonds. The van der Waals surface area contributed by atoms with Crippen LogP contribution in [-0.4, -0.2) is 52.8 Å². The SMILES string of the molecule is CC(C)CN(C(O)(CCNC(=O)O)Cc1ccccc1)S(=O)(=O)c1ccc([N+](=O)[O-])cc1. The van der Waals surface area contributed by atoms with E-state index in [2.05, 4.69) is 5.32 Å². The Labute approximate surface area is 186 Å². The first-order chi connectivity index (χ1) is 15.0. The predicted octanol–water partition coefficient (Wildman–Crippen LogP) is 2.83. The number of hydrogen-bond donors (Lipinski definition) is 3.